The molecule has 2 aliphatic rings. The molecular weight excluding hydrogens is 404 g/mol. The molecule has 4 heterocycles. The van der Waals surface area contributed by atoms with E-state index in [-0.39, 0.29) is 17.5 Å². The first-order chi connectivity index (χ1) is 15.4. The minimum Gasteiger partial charge on any atom is -0.503 e. The maximum absolute atomic E-state index is 13.2. The number of carbonyl (C=O) groups is 1. The first-order valence-electron chi connectivity index (χ1n) is 10.6. The van der Waals surface area contributed by atoms with Gasteiger partial charge < -0.3 is 9.67 Å². The molecule has 2 aromatic carbocycles. The van der Waals surface area contributed by atoms with Gasteiger partial charge in [0.25, 0.3) is 0 Å². The second-order valence-electron chi connectivity index (χ2n) is 9.22. The highest BCUT2D eigenvalue weighted by Crippen LogP contribution is 2.41. The number of pyridine rings is 1. The van der Waals surface area contributed by atoms with Gasteiger partial charge >= 0.3 is 0 Å². The molecule has 2 aromatic heterocycles. The molecular formula is C25H22N4O3. The van der Waals surface area contributed by atoms with Crippen LogP contribution >= 0.6 is 0 Å². The third kappa shape index (κ3) is 2.45. The lowest BCUT2D eigenvalue weighted by Crippen LogP contribution is -2.54. The molecule has 32 heavy (non-hydrogen) atoms. The molecule has 0 spiro atoms. The summed E-state index contributed by atoms with van der Waals surface area (Å²) in [6.45, 7) is 4.83. The van der Waals surface area contributed by atoms with E-state index in [1.165, 1.54) is 6.07 Å². The van der Waals surface area contributed by atoms with Crippen molar-refractivity contribution in [1.82, 2.24) is 14.2 Å². The third-order valence-electron chi connectivity index (χ3n) is 6.67. The van der Waals surface area contributed by atoms with Gasteiger partial charge in [-0.1, -0.05) is 50.2 Å². The molecule has 0 bridgehead atoms. The summed E-state index contributed by atoms with van der Waals surface area (Å²) < 4.78 is 3.82. The summed E-state index contributed by atoms with van der Waals surface area (Å²) in [7, 11) is 0. The highest BCUT2D eigenvalue weighted by molar-refractivity contribution is 6.02. The molecule has 1 unspecified atom stereocenters. The van der Waals surface area contributed by atoms with E-state index >= 15 is 0 Å². The van der Waals surface area contributed by atoms with Crippen molar-refractivity contribution in [3.63, 3.8) is 0 Å². The van der Waals surface area contributed by atoms with Gasteiger partial charge in [0.15, 0.2) is 17.2 Å². The van der Waals surface area contributed by atoms with Crippen LogP contribution in [-0.4, -0.2) is 31.7 Å². The zero-order valence-corrected chi connectivity index (χ0v) is 17.8. The fourth-order valence-corrected chi connectivity index (χ4v) is 5.14. The minimum atomic E-state index is -0.791. The Balaban J connectivity index is 1.70. The second kappa shape index (κ2) is 6.32. The third-order valence-corrected chi connectivity index (χ3v) is 6.67. The topological polar surface area (TPSA) is 80.4 Å². The summed E-state index contributed by atoms with van der Waals surface area (Å²) in [5.74, 6) is -0.741. The van der Waals surface area contributed by atoms with Crippen molar-refractivity contribution in [2.75, 3.05) is 11.6 Å². The summed E-state index contributed by atoms with van der Waals surface area (Å²) in [5, 5.41) is 12.7. The van der Waals surface area contributed by atoms with E-state index in [0.29, 0.717) is 13.1 Å². The fraction of sp³-hybridized carbons (Fsp3) is 0.240. The van der Waals surface area contributed by atoms with Gasteiger partial charge in [-0.25, -0.2) is 4.98 Å². The average Bonchev–Trinajstić information content (AvgIpc) is 3.11. The number of ketones is 1. The lowest BCUT2D eigenvalue weighted by Gasteiger charge is -2.45. The molecule has 0 saturated heterocycles. The largest absolute Gasteiger partial charge is 0.503 e. The van der Waals surface area contributed by atoms with Gasteiger partial charge in [0.2, 0.25) is 5.43 Å². The molecule has 6 rings (SSSR count). The van der Waals surface area contributed by atoms with Crippen molar-refractivity contribution < 1.29 is 9.90 Å². The van der Waals surface area contributed by atoms with Crippen molar-refractivity contribution >= 4 is 16.8 Å². The number of para-hydroxylation sites is 1. The number of hydrogen-bond donors (Lipinski definition) is 1. The van der Waals surface area contributed by atoms with Crippen molar-refractivity contribution in [2.45, 2.75) is 26.4 Å². The van der Waals surface area contributed by atoms with Crippen LogP contribution in [-0.2, 0) is 6.54 Å². The van der Waals surface area contributed by atoms with Crippen LogP contribution < -0.4 is 10.4 Å². The molecule has 7 nitrogen and oxygen atoms in total. The summed E-state index contributed by atoms with van der Waals surface area (Å²) in [6.07, 6.45) is 3.46. The van der Waals surface area contributed by atoms with Gasteiger partial charge in [0, 0.05) is 36.3 Å². The minimum absolute atomic E-state index is 0.0381. The standard InChI is InChI=1S/C25H22N4O3/c1-25(2)13-29(28-11-10-19(30)23(31)22(28)24(25)32)20-16-7-4-3-6-15(16)12-27-14-26-18-9-5-8-17(20)21(18)27/h3-11,14,20,31H,12-13H2,1-2H3. The Bertz CT molecular complexity index is 1480. The van der Waals surface area contributed by atoms with Gasteiger partial charge in [-0.15, -0.1) is 0 Å². The highest BCUT2D eigenvalue weighted by atomic mass is 16.3. The molecule has 0 radical (unpaired) electrons. The molecule has 1 N–H and O–H groups in total. The van der Waals surface area contributed by atoms with Crippen molar-refractivity contribution in [3.05, 3.63) is 93.7 Å². The molecule has 0 fully saturated rings. The smallest absolute Gasteiger partial charge is 0.224 e. The normalized spacial score (nSPS) is 18.9. The molecule has 7 heteroatoms. The van der Waals surface area contributed by atoms with Crippen LogP contribution in [0.3, 0.4) is 0 Å². The Morgan fingerprint density at radius 3 is 2.66 bits per heavy atom. The van der Waals surface area contributed by atoms with E-state index in [1.54, 1.807) is 10.9 Å². The fourth-order valence-electron chi connectivity index (χ4n) is 5.14. The average molecular weight is 426 g/mol. The number of Topliss-reactive ketones (excluding diaryl/α,β-unsaturated/α-hetero) is 1. The number of aromatic hydroxyl groups is 1. The predicted octanol–water partition coefficient (Wildman–Crippen LogP) is 3.22. The summed E-state index contributed by atoms with van der Waals surface area (Å²) in [4.78, 5) is 30.1. The van der Waals surface area contributed by atoms with Gasteiger partial charge in [-0.2, -0.15) is 0 Å². The molecule has 1 atom stereocenters. The number of nitrogens with zero attached hydrogens (tertiary/aromatic N) is 4. The van der Waals surface area contributed by atoms with E-state index in [4.69, 9.17) is 0 Å². The second-order valence-corrected chi connectivity index (χ2v) is 9.22. The van der Waals surface area contributed by atoms with Crippen LogP contribution in [0.15, 0.2) is 65.8 Å². The number of benzene rings is 2. The Kier molecular flexibility index (Phi) is 3.73. The van der Waals surface area contributed by atoms with Crippen LogP contribution in [0.2, 0.25) is 0 Å². The van der Waals surface area contributed by atoms with Crippen LogP contribution in [0.1, 0.15) is 47.1 Å². The van der Waals surface area contributed by atoms with E-state index in [2.05, 4.69) is 32.8 Å². The van der Waals surface area contributed by atoms with Crippen molar-refractivity contribution in [1.29, 1.82) is 0 Å². The van der Waals surface area contributed by atoms with E-state index in [1.807, 2.05) is 44.4 Å². The van der Waals surface area contributed by atoms with Crippen molar-refractivity contribution in [2.24, 2.45) is 5.41 Å². The predicted molar refractivity (Wildman–Crippen MR) is 121 cm³/mol. The lowest BCUT2D eigenvalue weighted by atomic mass is 9.82. The van der Waals surface area contributed by atoms with E-state index < -0.39 is 16.6 Å². The van der Waals surface area contributed by atoms with Crippen molar-refractivity contribution in [3.8, 4) is 5.75 Å². The first kappa shape index (κ1) is 18.9. The van der Waals surface area contributed by atoms with Gasteiger partial charge in [0.1, 0.15) is 0 Å². The Hall–Kier alpha value is -3.87. The van der Waals surface area contributed by atoms with E-state index in [0.717, 1.165) is 27.7 Å². The van der Waals surface area contributed by atoms with Crippen LogP contribution in [0, 0.1) is 5.41 Å². The zero-order valence-electron chi connectivity index (χ0n) is 17.8. The number of aromatic nitrogens is 3. The lowest BCUT2D eigenvalue weighted by molar-refractivity contribution is 0.0787. The summed E-state index contributed by atoms with van der Waals surface area (Å²) in [5.41, 5.74) is 4.01. The zero-order chi connectivity index (χ0) is 22.2. The summed E-state index contributed by atoms with van der Waals surface area (Å²) in [6, 6.07) is 15.5. The van der Waals surface area contributed by atoms with Crippen LogP contribution in [0.4, 0.5) is 0 Å². The number of imidazole rings is 1. The number of rotatable bonds is 1. The number of hydrogen-bond acceptors (Lipinski definition) is 5. The van der Waals surface area contributed by atoms with Gasteiger partial charge in [0.05, 0.1) is 23.4 Å². The molecule has 4 aromatic rings. The van der Waals surface area contributed by atoms with Gasteiger partial charge in [-0.3, -0.25) is 19.3 Å². The van der Waals surface area contributed by atoms with Crippen LogP contribution in [0.25, 0.3) is 11.0 Å². The van der Waals surface area contributed by atoms with Gasteiger partial charge in [-0.05, 0) is 17.2 Å². The molecule has 2 aliphatic heterocycles. The SMILES string of the molecule is CC1(C)CN(C2c3ccccc3Cn3cnc4cccc2c43)n2ccc(=O)c(O)c2C1=O. The first-order valence-corrected chi connectivity index (χ1v) is 10.6. The highest BCUT2D eigenvalue weighted by Gasteiger charge is 2.44. The van der Waals surface area contributed by atoms with E-state index in [9.17, 15) is 14.7 Å². The number of fused-ring (bicyclic) bond motifs is 2. The summed E-state index contributed by atoms with van der Waals surface area (Å²) >= 11 is 0. The Morgan fingerprint density at radius 1 is 1.03 bits per heavy atom. The molecule has 0 saturated carbocycles. The maximum atomic E-state index is 13.2. The molecule has 160 valence electrons. The molecule has 0 amide bonds. The Labute approximate surface area is 184 Å². The Morgan fingerprint density at radius 2 is 1.81 bits per heavy atom. The van der Waals surface area contributed by atoms with Crippen LogP contribution in [0.5, 0.6) is 5.75 Å². The molecule has 0 aliphatic carbocycles. The monoisotopic (exact) mass is 426 g/mol. The quantitative estimate of drug-likeness (QED) is 0.506. The maximum Gasteiger partial charge on any atom is 0.224 e. The number of carbonyl (C=O) groups excluding carboxylic acids is 1.